The third kappa shape index (κ3) is 3.47. The van der Waals surface area contributed by atoms with E-state index in [4.69, 9.17) is 0 Å². The number of aryl methyl sites for hydroxylation is 1. The third-order valence-corrected chi connectivity index (χ3v) is 4.88. The first kappa shape index (κ1) is 15.2. The van der Waals surface area contributed by atoms with Gasteiger partial charge in [0.25, 0.3) is 0 Å². The van der Waals surface area contributed by atoms with Gasteiger partial charge in [0.05, 0.1) is 6.26 Å². The fraction of sp³-hybridized carbons (Fsp3) is 0.615. The highest BCUT2D eigenvalue weighted by molar-refractivity contribution is 7.88. The van der Waals surface area contributed by atoms with Crippen LogP contribution in [0.3, 0.4) is 0 Å². The highest BCUT2D eigenvalue weighted by Crippen LogP contribution is 2.17. The number of nitrogens with zero attached hydrogens (tertiary/aromatic N) is 3. The molecule has 0 unspecified atom stereocenters. The van der Waals surface area contributed by atoms with Crippen LogP contribution in [0.5, 0.6) is 0 Å². The molecule has 0 saturated carbocycles. The van der Waals surface area contributed by atoms with Crippen LogP contribution in [0.15, 0.2) is 12.1 Å². The second kappa shape index (κ2) is 6.07. The van der Waals surface area contributed by atoms with Crippen LogP contribution in [0.1, 0.15) is 11.3 Å². The normalized spacial score (nSPS) is 17.4. The van der Waals surface area contributed by atoms with Crippen LogP contribution in [0.25, 0.3) is 0 Å². The maximum absolute atomic E-state index is 11.5. The Morgan fingerprint density at radius 3 is 2.40 bits per heavy atom. The number of piperazine rings is 1. The van der Waals surface area contributed by atoms with Crippen LogP contribution >= 0.6 is 0 Å². The van der Waals surface area contributed by atoms with Crippen molar-refractivity contribution < 1.29 is 8.42 Å². The van der Waals surface area contributed by atoms with Crippen molar-refractivity contribution in [2.45, 2.75) is 13.5 Å². The monoisotopic (exact) mass is 298 g/mol. The van der Waals surface area contributed by atoms with E-state index >= 15 is 0 Å². The molecule has 1 aliphatic rings. The minimum Gasteiger partial charge on any atom is -0.354 e. The van der Waals surface area contributed by atoms with Crippen molar-refractivity contribution in [1.82, 2.24) is 14.6 Å². The predicted molar refractivity (Wildman–Crippen MR) is 80.4 cm³/mol. The molecule has 0 radical (unpaired) electrons. The molecule has 0 aromatic carbocycles. The van der Waals surface area contributed by atoms with E-state index in [0.29, 0.717) is 26.2 Å². The summed E-state index contributed by atoms with van der Waals surface area (Å²) in [6.45, 7) is 5.23. The summed E-state index contributed by atoms with van der Waals surface area (Å²) in [5.74, 6) is 0.926. The van der Waals surface area contributed by atoms with Crippen molar-refractivity contribution in [3.05, 3.63) is 23.4 Å². The number of hydrogen-bond acceptors (Lipinski definition) is 5. The predicted octanol–water partition coefficient (Wildman–Crippen LogP) is 0.191. The van der Waals surface area contributed by atoms with Gasteiger partial charge in [0.15, 0.2) is 0 Å². The van der Waals surface area contributed by atoms with Crippen LogP contribution in [-0.4, -0.2) is 57.2 Å². The molecule has 0 spiro atoms. The van der Waals surface area contributed by atoms with Crippen LogP contribution < -0.4 is 10.2 Å². The zero-order valence-electron chi connectivity index (χ0n) is 12.3. The molecule has 1 fully saturated rings. The summed E-state index contributed by atoms with van der Waals surface area (Å²) >= 11 is 0. The zero-order valence-corrected chi connectivity index (χ0v) is 13.1. The van der Waals surface area contributed by atoms with Gasteiger partial charge in [0, 0.05) is 38.4 Å². The van der Waals surface area contributed by atoms with Crippen molar-refractivity contribution in [3.8, 4) is 0 Å². The van der Waals surface area contributed by atoms with Gasteiger partial charge in [-0.05, 0) is 25.6 Å². The van der Waals surface area contributed by atoms with Gasteiger partial charge in [-0.15, -0.1) is 0 Å². The lowest BCUT2D eigenvalue weighted by molar-refractivity contribution is 0.387. The Balaban J connectivity index is 2.06. The van der Waals surface area contributed by atoms with Crippen molar-refractivity contribution in [3.63, 3.8) is 0 Å². The summed E-state index contributed by atoms with van der Waals surface area (Å²) in [6, 6.07) is 4.09. The molecule has 1 aliphatic heterocycles. The minimum atomic E-state index is -3.08. The van der Waals surface area contributed by atoms with Gasteiger partial charge in [-0.2, -0.15) is 4.31 Å². The summed E-state index contributed by atoms with van der Waals surface area (Å²) < 4.78 is 24.5. The number of pyridine rings is 1. The highest BCUT2D eigenvalue weighted by atomic mass is 32.2. The molecule has 1 aromatic rings. The topological polar surface area (TPSA) is 65.5 Å². The molecule has 0 amide bonds. The summed E-state index contributed by atoms with van der Waals surface area (Å²) in [6.07, 6.45) is 1.26. The van der Waals surface area contributed by atoms with Crippen molar-refractivity contribution >= 4 is 15.8 Å². The van der Waals surface area contributed by atoms with Crippen molar-refractivity contribution in [2.75, 3.05) is 44.4 Å². The Morgan fingerprint density at radius 1 is 1.25 bits per heavy atom. The number of aromatic nitrogens is 1. The number of hydrogen-bond donors (Lipinski definition) is 1. The van der Waals surface area contributed by atoms with Crippen LogP contribution in [0.2, 0.25) is 0 Å². The third-order valence-electron chi connectivity index (χ3n) is 3.58. The highest BCUT2D eigenvalue weighted by Gasteiger charge is 2.24. The first-order valence-corrected chi connectivity index (χ1v) is 8.58. The number of rotatable bonds is 4. The number of sulfonamides is 1. The Bertz CT molecular complexity index is 566. The molecule has 7 heteroatoms. The summed E-state index contributed by atoms with van der Waals surface area (Å²) in [5.41, 5.74) is 2.20. The maximum atomic E-state index is 11.5. The summed E-state index contributed by atoms with van der Waals surface area (Å²) in [7, 11) is -1.16. The van der Waals surface area contributed by atoms with Gasteiger partial charge >= 0.3 is 0 Å². The van der Waals surface area contributed by atoms with E-state index in [9.17, 15) is 8.42 Å². The lowest BCUT2D eigenvalue weighted by atomic mass is 10.2. The first-order chi connectivity index (χ1) is 9.41. The molecule has 0 aliphatic carbocycles. The molecular formula is C13H22N4O2S. The van der Waals surface area contributed by atoms with Crippen LogP contribution in [-0.2, 0) is 16.6 Å². The molecule has 2 rings (SSSR count). The van der Waals surface area contributed by atoms with Crippen LogP contribution in [0.4, 0.5) is 5.82 Å². The molecule has 2 heterocycles. The second-order valence-electron chi connectivity index (χ2n) is 5.09. The maximum Gasteiger partial charge on any atom is 0.211 e. The summed E-state index contributed by atoms with van der Waals surface area (Å²) in [5, 5.41) is 3.12. The molecule has 1 N–H and O–H groups in total. The van der Waals surface area contributed by atoms with E-state index in [-0.39, 0.29) is 0 Å². The SMILES string of the molecule is CNCc1ccc(N2CCN(S(C)(=O)=O)CC2)nc1C. The minimum absolute atomic E-state index is 0.526. The van der Waals surface area contributed by atoms with Crippen LogP contribution in [0, 0.1) is 6.92 Å². The van der Waals surface area contributed by atoms with Crippen molar-refractivity contribution in [2.24, 2.45) is 0 Å². The van der Waals surface area contributed by atoms with Gasteiger partial charge < -0.3 is 10.2 Å². The van der Waals surface area contributed by atoms with Gasteiger partial charge in [-0.1, -0.05) is 6.07 Å². The van der Waals surface area contributed by atoms with Gasteiger partial charge in [-0.3, -0.25) is 0 Å². The Hall–Kier alpha value is -1.18. The molecule has 20 heavy (non-hydrogen) atoms. The van der Waals surface area contributed by atoms with E-state index in [1.807, 2.05) is 20.0 Å². The van der Waals surface area contributed by atoms with Gasteiger partial charge in [0.1, 0.15) is 5.82 Å². The van der Waals surface area contributed by atoms with E-state index < -0.39 is 10.0 Å². The van der Waals surface area contributed by atoms with E-state index in [1.54, 1.807) is 0 Å². The Kier molecular flexibility index (Phi) is 4.62. The van der Waals surface area contributed by atoms with E-state index in [0.717, 1.165) is 18.1 Å². The lowest BCUT2D eigenvalue weighted by Gasteiger charge is -2.34. The van der Waals surface area contributed by atoms with E-state index in [2.05, 4.69) is 21.3 Å². The van der Waals surface area contributed by atoms with Crippen molar-refractivity contribution in [1.29, 1.82) is 0 Å². The first-order valence-electron chi connectivity index (χ1n) is 6.73. The quantitative estimate of drug-likeness (QED) is 0.860. The molecule has 1 saturated heterocycles. The average Bonchev–Trinajstić information content (AvgIpc) is 2.40. The molecule has 0 bridgehead atoms. The molecule has 112 valence electrons. The van der Waals surface area contributed by atoms with E-state index in [1.165, 1.54) is 16.1 Å². The number of anilines is 1. The molecule has 6 nitrogen and oxygen atoms in total. The fourth-order valence-corrected chi connectivity index (χ4v) is 3.21. The largest absolute Gasteiger partial charge is 0.354 e. The smallest absolute Gasteiger partial charge is 0.211 e. The van der Waals surface area contributed by atoms with Gasteiger partial charge in [0.2, 0.25) is 10.0 Å². The fourth-order valence-electron chi connectivity index (χ4n) is 2.38. The average molecular weight is 298 g/mol. The van der Waals surface area contributed by atoms with Gasteiger partial charge in [-0.25, -0.2) is 13.4 Å². The Morgan fingerprint density at radius 2 is 1.90 bits per heavy atom. The molecule has 0 atom stereocenters. The summed E-state index contributed by atoms with van der Waals surface area (Å²) in [4.78, 5) is 6.76. The lowest BCUT2D eigenvalue weighted by Crippen LogP contribution is -2.48. The Labute approximate surface area is 120 Å². The molecule has 1 aromatic heterocycles. The molecular weight excluding hydrogens is 276 g/mol. The standard InChI is InChI=1S/C13H22N4O2S/c1-11-12(10-14-2)4-5-13(15-11)16-6-8-17(9-7-16)20(3,18)19/h4-5,14H,6-10H2,1-3H3. The second-order valence-corrected chi connectivity index (χ2v) is 7.08. The zero-order chi connectivity index (χ0) is 14.8. The number of nitrogens with one attached hydrogen (secondary N) is 1.